The van der Waals surface area contributed by atoms with Crippen LogP contribution in [0.15, 0.2) is 65.5 Å². The minimum absolute atomic E-state index is 0.0350. The minimum atomic E-state index is -0.518. The number of aromatic nitrogens is 1. The first-order valence-electron chi connectivity index (χ1n) is 10.0. The number of carbonyl (C=O) groups excluding carboxylic acids is 2. The SMILES string of the molecule is Cc1cccc(NC(=O)c2cc3c(n(-c4ccccc4)c2=O)CC(C)(C)CC3=O)c1. The number of fused-ring (bicyclic) bond motifs is 1. The van der Waals surface area contributed by atoms with Crippen LogP contribution >= 0.6 is 0 Å². The molecular weight excluding hydrogens is 376 g/mol. The summed E-state index contributed by atoms with van der Waals surface area (Å²) in [7, 11) is 0. The first-order chi connectivity index (χ1) is 14.2. The molecular formula is C25H24N2O3. The van der Waals surface area contributed by atoms with E-state index in [-0.39, 0.29) is 16.8 Å². The van der Waals surface area contributed by atoms with Gasteiger partial charge >= 0.3 is 0 Å². The highest BCUT2D eigenvalue weighted by molar-refractivity contribution is 6.07. The van der Waals surface area contributed by atoms with Gasteiger partial charge in [0.2, 0.25) is 0 Å². The highest BCUT2D eigenvalue weighted by atomic mass is 16.2. The summed E-state index contributed by atoms with van der Waals surface area (Å²) in [6, 6.07) is 18.0. The van der Waals surface area contributed by atoms with Gasteiger partial charge in [0, 0.05) is 29.1 Å². The summed E-state index contributed by atoms with van der Waals surface area (Å²) in [5.41, 5.74) is 2.66. The molecule has 3 aromatic rings. The second-order valence-electron chi connectivity index (χ2n) is 8.66. The molecule has 0 spiro atoms. The van der Waals surface area contributed by atoms with Crippen molar-refractivity contribution in [2.75, 3.05) is 5.32 Å². The average molecular weight is 400 g/mol. The van der Waals surface area contributed by atoms with Crippen LogP contribution in [0, 0.1) is 12.3 Å². The average Bonchev–Trinajstić information content (AvgIpc) is 2.67. The number of para-hydroxylation sites is 1. The minimum Gasteiger partial charge on any atom is -0.322 e. The molecule has 0 bridgehead atoms. The smallest absolute Gasteiger partial charge is 0.268 e. The zero-order valence-corrected chi connectivity index (χ0v) is 17.4. The van der Waals surface area contributed by atoms with Crippen molar-refractivity contribution in [3.63, 3.8) is 0 Å². The summed E-state index contributed by atoms with van der Waals surface area (Å²) in [5.74, 6) is -0.564. The van der Waals surface area contributed by atoms with E-state index in [1.807, 2.05) is 69.3 Å². The Hall–Kier alpha value is -3.47. The molecule has 0 aliphatic heterocycles. The molecule has 1 aliphatic carbocycles. The van der Waals surface area contributed by atoms with Gasteiger partial charge in [-0.25, -0.2) is 0 Å². The van der Waals surface area contributed by atoms with E-state index in [0.717, 1.165) is 5.56 Å². The molecule has 1 aromatic heterocycles. The number of benzene rings is 2. The summed E-state index contributed by atoms with van der Waals surface area (Å²) >= 11 is 0. The molecule has 0 radical (unpaired) electrons. The summed E-state index contributed by atoms with van der Waals surface area (Å²) in [6.07, 6.45) is 0.962. The Balaban J connectivity index is 1.89. The lowest BCUT2D eigenvalue weighted by Gasteiger charge is -2.32. The number of rotatable bonds is 3. The summed E-state index contributed by atoms with van der Waals surface area (Å²) in [5, 5.41) is 2.79. The number of amides is 1. The number of carbonyl (C=O) groups is 2. The molecule has 0 saturated heterocycles. The molecule has 1 N–H and O–H groups in total. The van der Waals surface area contributed by atoms with Crippen LogP contribution in [0.1, 0.15) is 52.2 Å². The number of Topliss-reactive ketones (excluding diaryl/α,β-unsaturated/α-hetero) is 1. The number of hydrogen-bond acceptors (Lipinski definition) is 3. The van der Waals surface area contributed by atoms with Gasteiger partial charge < -0.3 is 5.32 Å². The fourth-order valence-corrected chi connectivity index (χ4v) is 4.05. The molecule has 1 amide bonds. The normalized spacial score (nSPS) is 14.8. The van der Waals surface area contributed by atoms with Crippen LogP contribution in [0.25, 0.3) is 5.69 Å². The zero-order valence-electron chi connectivity index (χ0n) is 17.4. The molecule has 0 fully saturated rings. The number of nitrogens with zero attached hydrogens (tertiary/aromatic N) is 1. The van der Waals surface area contributed by atoms with E-state index in [0.29, 0.717) is 35.5 Å². The first kappa shape index (κ1) is 19.8. The third-order valence-corrected chi connectivity index (χ3v) is 5.42. The summed E-state index contributed by atoms with van der Waals surface area (Å²) in [6.45, 7) is 5.97. The Labute approximate surface area is 175 Å². The molecule has 2 aromatic carbocycles. The second-order valence-corrected chi connectivity index (χ2v) is 8.66. The van der Waals surface area contributed by atoms with E-state index >= 15 is 0 Å². The maximum Gasteiger partial charge on any atom is 0.268 e. The molecule has 0 saturated carbocycles. The molecule has 1 heterocycles. The van der Waals surface area contributed by atoms with Crippen molar-refractivity contribution < 1.29 is 9.59 Å². The number of anilines is 1. The van der Waals surface area contributed by atoms with Gasteiger partial charge in [0.15, 0.2) is 5.78 Å². The number of ketones is 1. The van der Waals surface area contributed by atoms with Crippen LogP contribution in [-0.2, 0) is 6.42 Å². The fraction of sp³-hybridized carbons (Fsp3) is 0.240. The predicted molar refractivity (Wildman–Crippen MR) is 118 cm³/mol. The Morgan fingerprint density at radius 3 is 2.40 bits per heavy atom. The Morgan fingerprint density at radius 1 is 0.967 bits per heavy atom. The van der Waals surface area contributed by atoms with Gasteiger partial charge in [-0.1, -0.05) is 44.2 Å². The van der Waals surface area contributed by atoms with Gasteiger partial charge in [-0.2, -0.15) is 0 Å². The Kier molecular flexibility index (Phi) is 4.90. The molecule has 5 nitrogen and oxygen atoms in total. The largest absolute Gasteiger partial charge is 0.322 e. The molecule has 0 atom stereocenters. The molecule has 0 unspecified atom stereocenters. The first-order valence-corrected chi connectivity index (χ1v) is 10.0. The van der Waals surface area contributed by atoms with E-state index in [4.69, 9.17) is 0 Å². The van der Waals surface area contributed by atoms with Gasteiger partial charge in [-0.3, -0.25) is 19.0 Å². The fourth-order valence-electron chi connectivity index (χ4n) is 4.05. The monoisotopic (exact) mass is 400 g/mol. The van der Waals surface area contributed by atoms with Gasteiger partial charge in [-0.15, -0.1) is 0 Å². The number of aryl methyl sites for hydroxylation is 1. The van der Waals surface area contributed by atoms with Gasteiger partial charge in [0.25, 0.3) is 11.5 Å². The lowest BCUT2D eigenvalue weighted by atomic mass is 9.75. The second kappa shape index (κ2) is 7.41. The number of nitrogens with one attached hydrogen (secondary N) is 1. The van der Waals surface area contributed by atoms with Gasteiger partial charge in [-0.05, 0) is 54.7 Å². The molecule has 4 rings (SSSR count). The van der Waals surface area contributed by atoms with Crippen LogP contribution in [0.2, 0.25) is 0 Å². The van der Waals surface area contributed by atoms with E-state index in [1.54, 1.807) is 6.07 Å². The maximum absolute atomic E-state index is 13.4. The topological polar surface area (TPSA) is 68.2 Å². The molecule has 152 valence electrons. The van der Waals surface area contributed by atoms with Crippen LogP contribution in [0.5, 0.6) is 0 Å². The Bertz CT molecular complexity index is 1210. The van der Waals surface area contributed by atoms with E-state index in [9.17, 15) is 14.4 Å². The predicted octanol–water partition coefficient (Wildman–Crippen LogP) is 4.55. The van der Waals surface area contributed by atoms with Crippen molar-refractivity contribution in [2.45, 2.75) is 33.6 Å². The van der Waals surface area contributed by atoms with Crippen molar-refractivity contribution in [1.29, 1.82) is 0 Å². The van der Waals surface area contributed by atoms with Crippen molar-refractivity contribution >= 4 is 17.4 Å². The summed E-state index contributed by atoms with van der Waals surface area (Å²) in [4.78, 5) is 39.4. The maximum atomic E-state index is 13.4. The van der Waals surface area contributed by atoms with Crippen LogP contribution in [-0.4, -0.2) is 16.3 Å². The van der Waals surface area contributed by atoms with Crippen molar-refractivity contribution in [3.8, 4) is 5.69 Å². The number of hydrogen-bond donors (Lipinski definition) is 1. The van der Waals surface area contributed by atoms with Crippen molar-refractivity contribution in [3.05, 3.63) is 93.4 Å². The van der Waals surface area contributed by atoms with Gasteiger partial charge in [0.1, 0.15) is 5.56 Å². The third-order valence-electron chi connectivity index (χ3n) is 5.42. The lowest BCUT2D eigenvalue weighted by Crippen LogP contribution is -2.37. The summed E-state index contributed by atoms with van der Waals surface area (Å²) < 4.78 is 1.53. The van der Waals surface area contributed by atoms with E-state index in [2.05, 4.69) is 5.32 Å². The van der Waals surface area contributed by atoms with Crippen LogP contribution < -0.4 is 10.9 Å². The lowest BCUT2D eigenvalue weighted by molar-refractivity contribution is 0.0909. The highest BCUT2D eigenvalue weighted by Gasteiger charge is 2.35. The van der Waals surface area contributed by atoms with Crippen molar-refractivity contribution in [1.82, 2.24) is 4.57 Å². The zero-order chi connectivity index (χ0) is 21.5. The quantitative estimate of drug-likeness (QED) is 0.701. The standard InChI is InChI=1S/C25H24N2O3/c1-16-8-7-9-17(12-16)26-23(29)20-13-19-21(14-25(2,3)15-22(19)28)27(24(20)30)18-10-5-4-6-11-18/h4-13H,14-15H2,1-3H3,(H,26,29). The van der Waals surface area contributed by atoms with E-state index < -0.39 is 11.5 Å². The third kappa shape index (κ3) is 3.71. The van der Waals surface area contributed by atoms with Gasteiger partial charge in [0.05, 0.1) is 0 Å². The number of pyridine rings is 1. The Morgan fingerprint density at radius 2 is 1.70 bits per heavy atom. The molecule has 1 aliphatic rings. The molecule has 5 heteroatoms. The highest BCUT2D eigenvalue weighted by Crippen LogP contribution is 2.35. The van der Waals surface area contributed by atoms with Crippen LogP contribution in [0.4, 0.5) is 5.69 Å². The molecule has 30 heavy (non-hydrogen) atoms. The van der Waals surface area contributed by atoms with Crippen LogP contribution in [0.3, 0.4) is 0 Å². The van der Waals surface area contributed by atoms with E-state index in [1.165, 1.54) is 10.6 Å². The van der Waals surface area contributed by atoms with Crippen molar-refractivity contribution in [2.24, 2.45) is 5.41 Å².